The summed E-state index contributed by atoms with van der Waals surface area (Å²) in [4.78, 5) is 2.18. The Balaban J connectivity index is 3.18. The third-order valence-electron chi connectivity index (χ3n) is 2.35. The molecule has 0 saturated heterocycles. The summed E-state index contributed by atoms with van der Waals surface area (Å²) < 4.78 is 0. The van der Waals surface area contributed by atoms with Gasteiger partial charge in [-0.2, -0.15) is 5.26 Å². The number of halogens is 1. The zero-order valence-electron chi connectivity index (χ0n) is 9.29. The highest BCUT2D eigenvalue weighted by molar-refractivity contribution is 6.30. The summed E-state index contributed by atoms with van der Waals surface area (Å²) in [6.45, 7) is 7.18. The van der Waals surface area contributed by atoms with Crippen molar-refractivity contribution in [1.82, 2.24) is 0 Å². The normalized spacial score (nSPS) is 10.1. The summed E-state index contributed by atoms with van der Waals surface area (Å²) in [5, 5.41) is 9.64. The standard InChI is InChI=1S/C12H15ClN2/c1-4-15(9(2)3)12-6-5-11(13)7-10(12)8-14/h5-7,9H,4H2,1-3H3. The van der Waals surface area contributed by atoms with Gasteiger partial charge in [-0.3, -0.25) is 0 Å². The second-order valence-electron chi connectivity index (χ2n) is 3.65. The number of nitrogens with zero attached hydrogens (tertiary/aromatic N) is 2. The average Bonchev–Trinajstić information content (AvgIpc) is 2.20. The number of rotatable bonds is 3. The van der Waals surface area contributed by atoms with E-state index in [9.17, 15) is 0 Å². The van der Waals surface area contributed by atoms with Gasteiger partial charge in [-0.25, -0.2) is 0 Å². The molecule has 0 heterocycles. The van der Waals surface area contributed by atoms with Crippen LogP contribution in [0.5, 0.6) is 0 Å². The number of hydrogen-bond donors (Lipinski definition) is 0. The van der Waals surface area contributed by atoms with E-state index in [1.54, 1.807) is 6.07 Å². The SMILES string of the molecule is CCN(c1ccc(Cl)cc1C#N)C(C)C. The molecule has 0 fully saturated rings. The zero-order valence-corrected chi connectivity index (χ0v) is 10.0. The molecule has 0 unspecified atom stereocenters. The van der Waals surface area contributed by atoms with Crippen molar-refractivity contribution in [3.63, 3.8) is 0 Å². The van der Waals surface area contributed by atoms with Crippen molar-refractivity contribution in [1.29, 1.82) is 5.26 Å². The van der Waals surface area contributed by atoms with Crippen LogP contribution in [0.3, 0.4) is 0 Å². The van der Waals surface area contributed by atoms with E-state index in [-0.39, 0.29) is 0 Å². The van der Waals surface area contributed by atoms with Gasteiger partial charge in [0, 0.05) is 17.6 Å². The van der Waals surface area contributed by atoms with Crippen molar-refractivity contribution in [2.45, 2.75) is 26.8 Å². The van der Waals surface area contributed by atoms with Gasteiger partial charge in [-0.15, -0.1) is 0 Å². The van der Waals surface area contributed by atoms with Crippen LogP contribution in [0.15, 0.2) is 18.2 Å². The lowest BCUT2D eigenvalue weighted by Gasteiger charge is -2.28. The van der Waals surface area contributed by atoms with Crippen LogP contribution in [0.4, 0.5) is 5.69 Å². The van der Waals surface area contributed by atoms with Gasteiger partial charge in [0.15, 0.2) is 0 Å². The van der Waals surface area contributed by atoms with Gasteiger partial charge >= 0.3 is 0 Å². The van der Waals surface area contributed by atoms with E-state index >= 15 is 0 Å². The van der Waals surface area contributed by atoms with Crippen molar-refractivity contribution in [2.24, 2.45) is 0 Å². The molecule has 15 heavy (non-hydrogen) atoms. The van der Waals surface area contributed by atoms with Crippen LogP contribution < -0.4 is 4.90 Å². The van der Waals surface area contributed by atoms with E-state index in [0.717, 1.165) is 12.2 Å². The first-order valence-electron chi connectivity index (χ1n) is 5.06. The molecule has 1 aromatic carbocycles. The number of nitriles is 1. The van der Waals surface area contributed by atoms with Gasteiger partial charge in [-0.1, -0.05) is 11.6 Å². The van der Waals surface area contributed by atoms with Crippen LogP contribution >= 0.6 is 11.6 Å². The van der Waals surface area contributed by atoms with Crippen LogP contribution in [0, 0.1) is 11.3 Å². The van der Waals surface area contributed by atoms with Crippen molar-refractivity contribution in [3.8, 4) is 6.07 Å². The smallest absolute Gasteiger partial charge is 0.101 e. The molecule has 0 radical (unpaired) electrons. The molecule has 0 aliphatic rings. The highest BCUT2D eigenvalue weighted by atomic mass is 35.5. The average molecular weight is 223 g/mol. The summed E-state index contributed by atoms with van der Waals surface area (Å²) in [7, 11) is 0. The maximum absolute atomic E-state index is 9.03. The van der Waals surface area contributed by atoms with E-state index < -0.39 is 0 Å². The Morgan fingerprint density at radius 2 is 2.13 bits per heavy atom. The Morgan fingerprint density at radius 3 is 2.60 bits per heavy atom. The monoisotopic (exact) mass is 222 g/mol. The molecule has 1 aromatic rings. The predicted octanol–water partition coefficient (Wildman–Crippen LogP) is 3.45. The Bertz CT molecular complexity index is 380. The molecular weight excluding hydrogens is 208 g/mol. The quantitative estimate of drug-likeness (QED) is 0.784. The minimum absolute atomic E-state index is 0.378. The third kappa shape index (κ3) is 2.64. The highest BCUT2D eigenvalue weighted by Gasteiger charge is 2.12. The molecule has 0 bridgehead atoms. The minimum atomic E-state index is 0.378. The molecule has 0 aromatic heterocycles. The molecular formula is C12H15ClN2. The summed E-state index contributed by atoms with van der Waals surface area (Å²) in [6.07, 6.45) is 0. The maximum Gasteiger partial charge on any atom is 0.101 e. The summed E-state index contributed by atoms with van der Waals surface area (Å²) in [5.41, 5.74) is 1.59. The summed E-state index contributed by atoms with van der Waals surface area (Å²) >= 11 is 5.85. The lowest BCUT2D eigenvalue weighted by Crippen LogP contribution is -2.30. The van der Waals surface area contributed by atoms with Gasteiger partial charge in [-0.05, 0) is 39.0 Å². The molecule has 0 N–H and O–H groups in total. The fraction of sp³-hybridized carbons (Fsp3) is 0.417. The van der Waals surface area contributed by atoms with Crippen molar-refractivity contribution in [3.05, 3.63) is 28.8 Å². The van der Waals surface area contributed by atoms with Crippen LogP contribution in [0.2, 0.25) is 5.02 Å². The molecule has 0 aliphatic carbocycles. The molecule has 2 nitrogen and oxygen atoms in total. The van der Waals surface area contributed by atoms with E-state index in [4.69, 9.17) is 16.9 Å². The Morgan fingerprint density at radius 1 is 1.47 bits per heavy atom. The number of benzene rings is 1. The molecule has 0 atom stereocenters. The first-order valence-corrected chi connectivity index (χ1v) is 5.44. The molecule has 3 heteroatoms. The molecule has 0 saturated carbocycles. The number of anilines is 1. The topological polar surface area (TPSA) is 27.0 Å². The number of hydrogen-bond acceptors (Lipinski definition) is 2. The zero-order chi connectivity index (χ0) is 11.4. The van der Waals surface area contributed by atoms with Crippen LogP contribution in [0.1, 0.15) is 26.3 Å². The molecule has 1 rings (SSSR count). The van der Waals surface area contributed by atoms with Gasteiger partial charge in [0.05, 0.1) is 11.3 Å². The van der Waals surface area contributed by atoms with Crippen LogP contribution in [0.25, 0.3) is 0 Å². The Labute approximate surface area is 96.1 Å². The second-order valence-corrected chi connectivity index (χ2v) is 4.09. The highest BCUT2D eigenvalue weighted by Crippen LogP contribution is 2.25. The van der Waals surface area contributed by atoms with Gasteiger partial charge in [0.25, 0.3) is 0 Å². The fourth-order valence-corrected chi connectivity index (χ4v) is 1.83. The molecule has 0 aliphatic heterocycles. The van der Waals surface area contributed by atoms with E-state index in [0.29, 0.717) is 16.6 Å². The summed E-state index contributed by atoms with van der Waals surface area (Å²) in [5.74, 6) is 0. The molecule has 0 spiro atoms. The molecule has 80 valence electrons. The van der Waals surface area contributed by atoms with E-state index in [1.165, 1.54) is 0 Å². The summed E-state index contributed by atoms with van der Waals surface area (Å²) in [6, 6.07) is 8.00. The van der Waals surface area contributed by atoms with Crippen molar-refractivity contribution in [2.75, 3.05) is 11.4 Å². The van der Waals surface area contributed by atoms with Crippen LogP contribution in [-0.2, 0) is 0 Å². The van der Waals surface area contributed by atoms with Gasteiger partial charge in [0.1, 0.15) is 6.07 Å². The lowest BCUT2D eigenvalue weighted by atomic mass is 10.1. The van der Waals surface area contributed by atoms with Crippen molar-refractivity contribution >= 4 is 17.3 Å². The van der Waals surface area contributed by atoms with Gasteiger partial charge < -0.3 is 4.90 Å². The maximum atomic E-state index is 9.03. The first kappa shape index (κ1) is 11.9. The van der Waals surface area contributed by atoms with Crippen molar-refractivity contribution < 1.29 is 0 Å². The minimum Gasteiger partial charge on any atom is -0.368 e. The predicted molar refractivity (Wildman–Crippen MR) is 64.3 cm³/mol. The third-order valence-corrected chi connectivity index (χ3v) is 2.59. The first-order chi connectivity index (χ1) is 7.10. The second kappa shape index (κ2) is 5.04. The largest absolute Gasteiger partial charge is 0.368 e. The Kier molecular flexibility index (Phi) is 3.99. The molecule has 0 amide bonds. The van der Waals surface area contributed by atoms with E-state index in [1.807, 2.05) is 12.1 Å². The lowest BCUT2D eigenvalue weighted by molar-refractivity contribution is 0.703. The van der Waals surface area contributed by atoms with Gasteiger partial charge in [0.2, 0.25) is 0 Å². The van der Waals surface area contributed by atoms with Crippen LogP contribution in [-0.4, -0.2) is 12.6 Å². The Hall–Kier alpha value is -1.20. The fourth-order valence-electron chi connectivity index (χ4n) is 1.66. The van der Waals surface area contributed by atoms with E-state index in [2.05, 4.69) is 31.7 Å².